The maximum atomic E-state index is 10.4. The van der Waals surface area contributed by atoms with E-state index >= 15 is 0 Å². The van der Waals surface area contributed by atoms with Gasteiger partial charge in [-0.3, -0.25) is 0 Å². The molecule has 4 nitrogen and oxygen atoms in total. The molecule has 5 heteroatoms. The summed E-state index contributed by atoms with van der Waals surface area (Å²) in [6.07, 6.45) is 1.56. The first-order valence-electron chi connectivity index (χ1n) is 4.98. The van der Waals surface area contributed by atoms with E-state index in [1.165, 1.54) is 4.88 Å². The molecule has 1 heterocycles. The summed E-state index contributed by atoms with van der Waals surface area (Å²) in [5.74, 6) is 0. The van der Waals surface area contributed by atoms with Crippen LogP contribution < -0.4 is 11.2 Å². The van der Waals surface area contributed by atoms with E-state index in [-0.39, 0.29) is 0 Å². The van der Waals surface area contributed by atoms with Crippen LogP contribution >= 0.6 is 11.3 Å². The lowest BCUT2D eigenvalue weighted by molar-refractivity contribution is 0.249. The van der Waals surface area contributed by atoms with E-state index in [1.54, 1.807) is 17.6 Å². The van der Waals surface area contributed by atoms with Crippen LogP contribution in [-0.2, 0) is 0 Å². The Morgan fingerprint density at radius 3 is 2.94 bits per heavy atom. The molecule has 0 saturated heterocycles. The van der Waals surface area contributed by atoms with Crippen molar-refractivity contribution in [3.8, 4) is 10.4 Å². The number of carbonyl (C=O) groups is 1. The maximum absolute atomic E-state index is 10.4. The quantitative estimate of drug-likeness (QED) is 0.633. The number of primary amides is 1. The van der Waals surface area contributed by atoms with E-state index in [9.17, 15) is 4.79 Å². The van der Waals surface area contributed by atoms with Crippen LogP contribution in [0.25, 0.3) is 10.4 Å². The van der Waals surface area contributed by atoms with E-state index in [1.807, 2.05) is 35.7 Å². The van der Waals surface area contributed by atoms with Crippen molar-refractivity contribution in [3.05, 3.63) is 47.3 Å². The minimum atomic E-state index is -0.671. The Morgan fingerprint density at radius 1 is 1.35 bits per heavy atom. The molecule has 0 atom stereocenters. The number of carbonyl (C=O) groups excluding carboxylic acids is 1. The van der Waals surface area contributed by atoms with Gasteiger partial charge in [-0.2, -0.15) is 5.10 Å². The number of urea groups is 1. The van der Waals surface area contributed by atoms with Crippen LogP contribution in [0.4, 0.5) is 4.79 Å². The van der Waals surface area contributed by atoms with Crippen LogP contribution in [0.15, 0.2) is 46.9 Å². The number of nitrogens with two attached hydrogens (primary N) is 1. The Hall–Kier alpha value is -2.14. The number of rotatable bonds is 3. The molecule has 0 radical (unpaired) electrons. The lowest BCUT2D eigenvalue weighted by Gasteiger charge is -1.99. The van der Waals surface area contributed by atoms with Crippen molar-refractivity contribution >= 4 is 23.6 Å². The molecule has 0 fully saturated rings. The first-order valence-corrected chi connectivity index (χ1v) is 5.86. The molecular formula is C12H11N3OS. The molecule has 3 N–H and O–H groups in total. The van der Waals surface area contributed by atoms with Crippen molar-refractivity contribution in [2.24, 2.45) is 10.8 Å². The molecular weight excluding hydrogens is 234 g/mol. The highest BCUT2D eigenvalue weighted by Crippen LogP contribution is 2.24. The third-order valence-corrected chi connectivity index (χ3v) is 3.00. The number of thiophene rings is 1. The summed E-state index contributed by atoms with van der Waals surface area (Å²) in [7, 11) is 0. The molecule has 86 valence electrons. The van der Waals surface area contributed by atoms with E-state index in [0.717, 1.165) is 11.1 Å². The van der Waals surface area contributed by atoms with E-state index in [4.69, 9.17) is 5.73 Å². The van der Waals surface area contributed by atoms with E-state index in [0.29, 0.717) is 0 Å². The Kier molecular flexibility index (Phi) is 3.52. The summed E-state index contributed by atoms with van der Waals surface area (Å²) in [6, 6.07) is 11.3. The topological polar surface area (TPSA) is 67.5 Å². The molecule has 0 aliphatic carbocycles. The molecule has 0 bridgehead atoms. The van der Waals surface area contributed by atoms with Gasteiger partial charge < -0.3 is 5.73 Å². The maximum Gasteiger partial charge on any atom is 0.332 e. The number of nitrogens with one attached hydrogen (secondary N) is 1. The van der Waals surface area contributed by atoms with Gasteiger partial charge in [0.2, 0.25) is 0 Å². The van der Waals surface area contributed by atoms with E-state index in [2.05, 4.69) is 16.6 Å². The molecule has 2 aromatic rings. The van der Waals surface area contributed by atoms with Crippen LogP contribution in [0.1, 0.15) is 5.56 Å². The lowest BCUT2D eigenvalue weighted by atomic mass is 10.1. The average Bonchev–Trinajstić information content (AvgIpc) is 2.82. The molecule has 0 aliphatic rings. The van der Waals surface area contributed by atoms with Gasteiger partial charge in [0.25, 0.3) is 0 Å². The SMILES string of the molecule is NC(=O)N/N=C/c1cccc(-c2cccs2)c1. The predicted octanol–water partition coefficient (Wildman–Crippen LogP) is 2.42. The van der Waals surface area contributed by atoms with Crippen LogP contribution in [-0.4, -0.2) is 12.2 Å². The van der Waals surface area contributed by atoms with Crippen LogP contribution in [0, 0.1) is 0 Å². The van der Waals surface area contributed by atoms with Crippen molar-refractivity contribution in [2.75, 3.05) is 0 Å². The van der Waals surface area contributed by atoms with Gasteiger partial charge in [-0.25, -0.2) is 10.2 Å². The molecule has 0 unspecified atom stereocenters. The van der Waals surface area contributed by atoms with Crippen molar-refractivity contribution in [1.82, 2.24) is 5.43 Å². The molecule has 17 heavy (non-hydrogen) atoms. The number of amides is 2. The number of hydrogen-bond acceptors (Lipinski definition) is 3. The Balaban J connectivity index is 2.17. The second-order valence-electron chi connectivity index (χ2n) is 3.34. The van der Waals surface area contributed by atoms with Crippen molar-refractivity contribution in [1.29, 1.82) is 0 Å². The fourth-order valence-electron chi connectivity index (χ4n) is 1.39. The van der Waals surface area contributed by atoms with Gasteiger partial charge >= 0.3 is 6.03 Å². The molecule has 2 rings (SSSR count). The highest BCUT2D eigenvalue weighted by molar-refractivity contribution is 7.13. The van der Waals surface area contributed by atoms with Crippen LogP contribution in [0.3, 0.4) is 0 Å². The zero-order valence-corrected chi connectivity index (χ0v) is 9.78. The summed E-state index contributed by atoms with van der Waals surface area (Å²) in [4.78, 5) is 11.6. The number of benzene rings is 1. The lowest BCUT2D eigenvalue weighted by Crippen LogP contribution is -2.24. The molecule has 1 aromatic heterocycles. The summed E-state index contributed by atoms with van der Waals surface area (Å²) in [6.45, 7) is 0. The molecule has 0 spiro atoms. The van der Waals surface area contributed by atoms with Crippen molar-refractivity contribution in [2.45, 2.75) is 0 Å². The third-order valence-electron chi connectivity index (χ3n) is 2.08. The summed E-state index contributed by atoms with van der Waals surface area (Å²) in [5, 5.41) is 5.75. The molecule has 0 aliphatic heterocycles. The second kappa shape index (κ2) is 5.27. The standard InChI is InChI=1S/C12H11N3OS/c13-12(16)15-14-8-9-3-1-4-10(7-9)11-5-2-6-17-11/h1-8H,(H3,13,15,16)/b14-8+. The number of nitrogens with zero attached hydrogens (tertiary/aromatic N) is 1. The summed E-state index contributed by atoms with van der Waals surface area (Å²) < 4.78 is 0. The second-order valence-corrected chi connectivity index (χ2v) is 4.28. The Morgan fingerprint density at radius 2 is 2.24 bits per heavy atom. The highest BCUT2D eigenvalue weighted by Gasteiger charge is 1.98. The van der Waals surface area contributed by atoms with Crippen molar-refractivity contribution < 1.29 is 4.79 Å². The van der Waals surface area contributed by atoms with Gasteiger partial charge in [-0.15, -0.1) is 11.3 Å². The minimum Gasteiger partial charge on any atom is -0.350 e. The highest BCUT2D eigenvalue weighted by atomic mass is 32.1. The van der Waals surface area contributed by atoms with E-state index < -0.39 is 6.03 Å². The van der Waals surface area contributed by atoms with Crippen molar-refractivity contribution in [3.63, 3.8) is 0 Å². The summed E-state index contributed by atoms with van der Waals surface area (Å²) in [5.41, 5.74) is 9.10. The van der Waals surface area contributed by atoms with Gasteiger partial charge in [-0.05, 0) is 28.6 Å². The molecule has 0 saturated carbocycles. The number of hydrazone groups is 1. The van der Waals surface area contributed by atoms with Gasteiger partial charge in [0.1, 0.15) is 0 Å². The predicted molar refractivity (Wildman–Crippen MR) is 70.1 cm³/mol. The van der Waals surface area contributed by atoms with Gasteiger partial charge in [0.15, 0.2) is 0 Å². The molecule has 2 amide bonds. The average molecular weight is 245 g/mol. The summed E-state index contributed by atoms with van der Waals surface area (Å²) >= 11 is 1.68. The monoisotopic (exact) mass is 245 g/mol. The van der Waals surface area contributed by atoms with Gasteiger partial charge in [0.05, 0.1) is 6.21 Å². The fourth-order valence-corrected chi connectivity index (χ4v) is 2.11. The van der Waals surface area contributed by atoms with Crippen LogP contribution in [0.2, 0.25) is 0 Å². The number of hydrogen-bond donors (Lipinski definition) is 2. The Labute approximate surface area is 103 Å². The third kappa shape index (κ3) is 3.15. The fraction of sp³-hybridized carbons (Fsp3) is 0. The first-order chi connectivity index (χ1) is 8.25. The largest absolute Gasteiger partial charge is 0.350 e. The van der Waals surface area contributed by atoms with Gasteiger partial charge in [0, 0.05) is 4.88 Å². The zero-order chi connectivity index (χ0) is 12.1. The first kappa shape index (κ1) is 11.3. The van der Waals surface area contributed by atoms with Gasteiger partial charge in [-0.1, -0.05) is 24.3 Å². The molecule has 1 aromatic carbocycles. The zero-order valence-electron chi connectivity index (χ0n) is 8.96. The van der Waals surface area contributed by atoms with Crippen LogP contribution in [0.5, 0.6) is 0 Å². The normalized spacial score (nSPS) is 10.6. The Bertz CT molecular complexity index is 534. The smallest absolute Gasteiger partial charge is 0.332 e. The minimum absolute atomic E-state index is 0.671.